The molecule has 4 nitrogen and oxygen atoms in total. The van der Waals surface area contributed by atoms with Gasteiger partial charge in [0.15, 0.2) is 0 Å². The average Bonchev–Trinajstić information content (AvgIpc) is 2.32. The van der Waals surface area contributed by atoms with Gasteiger partial charge in [0.1, 0.15) is 0 Å². The number of sulfonamides is 1. The summed E-state index contributed by atoms with van der Waals surface area (Å²) in [7, 11) is 0.732. The lowest BCUT2D eigenvalue weighted by atomic mass is 9.97. The first kappa shape index (κ1) is 16.2. The molecule has 0 aliphatic carbocycles. The van der Waals surface area contributed by atoms with Crippen molar-refractivity contribution >= 4 is 21.6 Å². The molecule has 0 aromatic rings. The summed E-state index contributed by atoms with van der Waals surface area (Å²) in [5, 5.41) is 0. The Morgan fingerprint density at radius 3 is 2.44 bits per heavy atom. The lowest BCUT2D eigenvalue weighted by Crippen LogP contribution is -2.38. The molecule has 1 saturated heterocycles. The van der Waals surface area contributed by atoms with Gasteiger partial charge in [0, 0.05) is 19.5 Å². The Kier molecular flexibility index (Phi) is 6.92. The summed E-state index contributed by atoms with van der Waals surface area (Å²) in [6, 6.07) is 0. The van der Waals surface area contributed by atoms with Crippen LogP contribution < -0.4 is 0 Å². The molecule has 1 fully saturated rings. The monoisotopic (exact) mass is 296 g/mol. The number of piperidine rings is 1. The van der Waals surface area contributed by atoms with Crippen molar-refractivity contribution in [2.75, 3.05) is 45.4 Å². The van der Waals surface area contributed by atoms with Gasteiger partial charge in [-0.15, -0.1) is 11.6 Å². The van der Waals surface area contributed by atoms with E-state index in [0.29, 0.717) is 24.8 Å². The zero-order chi connectivity index (χ0) is 13.6. The van der Waals surface area contributed by atoms with Crippen LogP contribution in [0.15, 0.2) is 0 Å². The topological polar surface area (TPSA) is 40.6 Å². The number of likely N-dealkylation sites (tertiary alicyclic amines) is 1. The van der Waals surface area contributed by atoms with Crippen LogP contribution in [0.5, 0.6) is 0 Å². The highest BCUT2D eigenvalue weighted by Crippen LogP contribution is 2.18. The molecule has 0 aromatic heterocycles. The predicted octanol–water partition coefficient (Wildman–Crippen LogP) is 1.61. The van der Waals surface area contributed by atoms with E-state index in [0.717, 1.165) is 32.4 Å². The number of hydrogen-bond acceptors (Lipinski definition) is 3. The van der Waals surface area contributed by atoms with Crippen molar-refractivity contribution in [3.05, 3.63) is 0 Å². The van der Waals surface area contributed by atoms with Gasteiger partial charge < -0.3 is 4.90 Å². The van der Waals surface area contributed by atoms with Crippen LogP contribution in [0, 0.1) is 5.92 Å². The quantitative estimate of drug-likeness (QED) is 0.529. The fourth-order valence-electron chi connectivity index (χ4n) is 2.26. The largest absolute Gasteiger partial charge is 0.306 e. The van der Waals surface area contributed by atoms with E-state index < -0.39 is 10.0 Å². The maximum atomic E-state index is 12.0. The van der Waals surface area contributed by atoms with Gasteiger partial charge in [-0.25, -0.2) is 12.7 Å². The van der Waals surface area contributed by atoms with E-state index in [9.17, 15) is 8.42 Å². The van der Waals surface area contributed by atoms with E-state index in [-0.39, 0.29) is 5.75 Å². The summed E-state index contributed by atoms with van der Waals surface area (Å²) in [5.41, 5.74) is 0. The maximum absolute atomic E-state index is 12.0. The van der Waals surface area contributed by atoms with E-state index in [1.807, 2.05) is 0 Å². The van der Waals surface area contributed by atoms with Crippen molar-refractivity contribution in [2.24, 2.45) is 5.92 Å². The van der Waals surface area contributed by atoms with Gasteiger partial charge in [0.05, 0.1) is 5.75 Å². The van der Waals surface area contributed by atoms with E-state index >= 15 is 0 Å². The average molecular weight is 297 g/mol. The number of halogens is 1. The standard InChI is InChI=1S/C12H25ClN2O2S/c1-14-8-5-12(6-9-14)11-15(2)18(16,17)10-4-3-7-13/h12H,3-11H2,1-2H3. The number of rotatable bonds is 7. The lowest BCUT2D eigenvalue weighted by molar-refractivity contribution is 0.202. The highest BCUT2D eigenvalue weighted by molar-refractivity contribution is 7.89. The normalized spacial score (nSPS) is 19.6. The van der Waals surface area contributed by atoms with E-state index in [1.165, 1.54) is 4.31 Å². The predicted molar refractivity (Wildman–Crippen MR) is 76.6 cm³/mol. The molecule has 0 spiro atoms. The second-order valence-electron chi connectivity index (χ2n) is 5.24. The minimum atomic E-state index is -3.08. The van der Waals surface area contributed by atoms with Crippen LogP contribution in [0.3, 0.4) is 0 Å². The zero-order valence-electron chi connectivity index (χ0n) is 11.4. The van der Waals surface area contributed by atoms with Crippen LogP contribution in [0.1, 0.15) is 25.7 Å². The van der Waals surface area contributed by atoms with Gasteiger partial charge >= 0.3 is 0 Å². The Hall–Kier alpha value is 0.160. The lowest BCUT2D eigenvalue weighted by Gasteiger charge is -2.31. The van der Waals surface area contributed by atoms with Crippen LogP contribution in [-0.2, 0) is 10.0 Å². The SMILES string of the molecule is CN1CCC(CN(C)S(=O)(=O)CCCCCl)CC1. The molecule has 1 rings (SSSR count). The van der Waals surface area contributed by atoms with Crippen molar-refractivity contribution in [3.8, 4) is 0 Å². The highest BCUT2D eigenvalue weighted by Gasteiger charge is 2.23. The van der Waals surface area contributed by atoms with E-state index in [1.54, 1.807) is 7.05 Å². The van der Waals surface area contributed by atoms with Gasteiger partial charge in [-0.05, 0) is 51.7 Å². The van der Waals surface area contributed by atoms with Crippen molar-refractivity contribution in [1.29, 1.82) is 0 Å². The molecule has 0 radical (unpaired) electrons. The second kappa shape index (κ2) is 7.68. The summed E-state index contributed by atoms with van der Waals surface area (Å²) in [6.07, 6.45) is 3.61. The van der Waals surface area contributed by atoms with Crippen LogP contribution >= 0.6 is 11.6 Å². The van der Waals surface area contributed by atoms with Crippen molar-refractivity contribution in [3.63, 3.8) is 0 Å². The molecule has 1 aliphatic rings. The van der Waals surface area contributed by atoms with Crippen LogP contribution in [-0.4, -0.2) is 63.0 Å². The van der Waals surface area contributed by atoms with E-state index in [4.69, 9.17) is 11.6 Å². The Bertz CT molecular complexity index is 327. The third-order valence-electron chi connectivity index (χ3n) is 3.61. The first-order valence-electron chi connectivity index (χ1n) is 6.64. The van der Waals surface area contributed by atoms with Gasteiger partial charge in [-0.2, -0.15) is 0 Å². The van der Waals surface area contributed by atoms with Crippen LogP contribution in [0.2, 0.25) is 0 Å². The Balaban J connectivity index is 2.36. The first-order chi connectivity index (χ1) is 8.45. The van der Waals surface area contributed by atoms with Gasteiger partial charge in [0.25, 0.3) is 0 Å². The molecular weight excluding hydrogens is 272 g/mol. The molecule has 0 aromatic carbocycles. The van der Waals surface area contributed by atoms with Crippen molar-refractivity contribution < 1.29 is 8.42 Å². The fourth-order valence-corrected chi connectivity index (χ4v) is 3.76. The third kappa shape index (κ3) is 5.43. The number of nitrogens with zero attached hydrogens (tertiary/aromatic N) is 2. The number of hydrogen-bond donors (Lipinski definition) is 0. The van der Waals surface area contributed by atoms with E-state index in [2.05, 4.69) is 11.9 Å². The highest BCUT2D eigenvalue weighted by atomic mass is 35.5. The summed E-state index contributed by atoms with van der Waals surface area (Å²) >= 11 is 5.57. The maximum Gasteiger partial charge on any atom is 0.213 e. The molecule has 0 saturated carbocycles. The van der Waals surface area contributed by atoms with Gasteiger partial charge in [0.2, 0.25) is 10.0 Å². The molecule has 0 unspecified atom stereocenters. The Morgan fingerprint density at radius 2 is 1.89 bits per heavy atom. The van der Waals surface area contributed by atoms with Gasteiger partial charge in [-0.3, -0.25) is 0 Å². The Labute approximate surface area is 116 Å². The summed E-state index contributed by atoms with van der Waals surface area (Å²) in [6.45, 7) is 2.81. The minimum absolute atomic E-state index is 0.225. The second-order valence-corrected chi connectivity index (χ2v) is 7.81. The zero-order valence-corrected chi connectivity index (χ0v) is 13.0. The summed E-state index contributed by atoms with van der Waals surface area (Å²) in [4.78, 5) is 2.30. The van der Waals surface area contributed by atoms with Gasteiger partial charge in [-0.1, -0.05) is 0 Å². The first-order valence-corrected chi connectivity index (χ1v) is 8.78. The van der Waals surface area contributed by atoms with Crippen molar-refractivity contribution in [1.82, 2.24) is 9.21 Å². The summed E-state index contributed by atoms with van der Waals surface area (Å²) < 4.78 is 25.6. The smallest absolute Gasteiger partial charge is 0.213 e. The van der Waals surface area contributed by atoms with Crippen LogP contribution in [0.25, 0.3) is 0 Å². The molecule has 0 N–H and O–H groups in total. The fraction of sp³-hybridized carbons (Fsp3) is 1.00. The molecule has 108 valence electrons. The number of unbranched alkanes of at least 4 members (excludes halogenated alkanes) is 1. The molecule has 0 amide bonds. The third-order valence-corrected chi connectivity index (χ3v) is 5.78. The molecule has 18 heavy (non-hydrogen) atoms. The molecular formula is C12H25ClN2O2S. The molecule has 6 heteroatoms. The Morgan fingerprint density at radius 1 is 1.28 bits per heavy atom. The number of alkyl halides is 1. The summed E-state index contributed by atoms with van der Waals surface area (Å²) in [5.74, 6) is 1.27. The molecule has 0 atom stereocenters. The van der Waals surface area contributed by atoms with Crippen LogP contribution in [0.4, 0.5) is 0 Å². The minimum Gasteiger partial charge on any atom is -0.306 e. The molecule has 1 aliphatic heterocycles. The molecule has 1 heterocycles. The molecule has 0 bridgehead atoms. The van der Waals surface area contributed by atoms with Crippen molar-refractivity contribution in [2.45, 2.75) is 25.7 Å².